The predicted molar refractivity (Wildman–Crippen MR) is 72.8 cm³/mol. The molecule has 0 aliphatic carbocycles. The van der Waals surface area contributed by atoms with Crippen LogP contribution in [0, 0.1) is 0 Å². The molecule has 0 fully saturated rings. The van der Waals surface area contributed by atoms with Crippen molar-refractivity contribution >= 4 is 5.96 Å². The quantitative estimate of drug-likeness (QED) is 0.295. The number of rotatable bonds is 6. The number of guanidine groups is 1. The van der Waals surface area contributed by atoms with Crippen molar-refractivity contribution < 1.29 is 4.48 Å². The maximum atomic E-state index is 4.39. The van der Waals surface area contributed by atoms with Crippen LogP contribution in [0.4, 0.5) is 0 Å². The van der Waals surface area contributed by atoms with Gasteiger partial charge in [0, 0.05) is 21.1 Å². The lowest BCUT2D eigenvalue weighted by molar-refractivity contribution is -0.805. The summed E-state index contributed by atoms with van der Waals surface area (Å²) in [4.78, 5) is 6.51. The molecule has 0 bridgehead atoms. The van der Waals surface area contributed by atoms with Crippen molar-refractivity contribution in [2.75, 3.05) is 41.8 Å². The Morgan fingerprint density at radius 3 is 2.06 bits per heavy atom. The molecule has 0 spiro atoms. The Morgan fingerprint density at radius 1 is 1.06 bits per heavy atom. The standard InChI is InChI=1S/C13H30N3/c1-7-8-9-10-11-12-16(5,6)13(14-2)15(3)4/h7-12H2,1-6H3/q+1. The molecule has 0 saturated carbocycles. The van der Waals surface area contributed by atoms with Crippen LogP contribution in [0.25, 0.3) is 0 Å². The number of nitrogens with zero attached hydrogens (tertiary/aromatic N) is 3. The zero-order valence-corrected chi connectivity index (χ0v) is 12.1. The van der Waals surface area contributed by atoms with Gasteiger partial charge < -0.3 is 4.90 Å². The molecule has 0 N–H and O–H groups in total. The van der Waals surface area contributed by atoms with Crippen LogP contribution in [0.3, 0.4) is 0 Å². The highest BCUT2D eigenvalue weighted by Crippen LogP contribution is 2.09. The molecule has 3 nitrogen and oxygen atoms in total. The molecule has 16 heavy (non-hydrogen) atoms. The van der Waals surface area contributed by atoms with Gasteiger partial charge >= 0.3 is 0 Å². The lowest BCUT2D eigenvalue weighted by Crippen LogP contribution is -2.52. The fourth-order valence-corrected chi connectivity index (χ4v) is 2.22. The first-order valence-electron chi connectivity index (χ1n) is 6.43. The largest absolute Gasteiger partial charge is 0.317 e. The van der Waals surface area contributed by atoms with E-state index in [1.807, 2.05) is 7.05 Å². The van der Waals surface area contributed by atoms with Crippen molar-refractivity contribution in [3.05, 3.63) is 0 Å². The highest BCUT2D eigenvalue weighted by atomic mass is 15.5. The maximum Gasteiger partial charge on any atom is 0.299 e. The summed E-state index contributed by atoms with van der Waals surface area (Å²) in [6.07, 6.45) is 6.70. The average molecular weight is 228 g/mol. The summed E-state index contributed by atoms with van der Waals surface area (Å²) < 4.78 is 0.885. The van der Waals surface area contributed by atoms with E-state index in [2.05, 4.69) is 45.0 Å². The van der Waals surface area contributed by atoms with Crippen LogP contribution in [0.5, 0.6) is 0 Å². The monoisotopic (exact) mass is 228 g/mol. The van der Waals surface area contributed by atoms with Crippen LogP contribution in [0.15, 0.2) is 4.99 Å². The first-order valence-corrected chi connectivity index (χ1v) is 6.43. The Morgan fingerprint density at radius 2 is 1.62 bits per heavy atom. The summed E-state index contributed by atoms with van der Waals surface area (Å²) in [6, 6.07) is 0. The number of unbranched alkanes of at least 4 members (excludes halogenated alkanes) is 4. The summed E-state index contributed by atoms with van der Waals surface area (Å²) in [7, 11) is 10.5. The number of hydrogen-bond acceptors (Lipinski definition) is 1. The maximum absolute atomic E-state index is 4.39. The Labute approximate surface area is 102 Å². The lowest BCUT2D eigenvalue weighted by Gasteiger charge is -2.33. The van der Waals surface area contributed by atoms with Gasteiger partial charge in [-0.2, -0.15) is 0 Å². The van der Waals surface area contributed by atoms with Crippen molar-refractivity contribution in [2.45, 2.75) is 39.0 Å². The minimum Gasteiger partial charge on any atom is -0.317 e. The van der Waals surface area contributed by atoms with E-state index in [0.717, 1.165) is 10.4 Å². The summed E-state index contributed by atoms with van der Waals surface area (Å²) in [6.45, 7) is 3.43. The second-order valence-electron chi connectivity index (χ2n) is 5.24. The predicted octanol–water partition coefficient (Wildman–Crippen LogP) is 2.58. The van der Waals surface area contributed by atoms with Gasteiger partial charge in [-0.1, -0.05) is 26.2 Å². The Bertz CT molecular complexity index is 207. The van der Waals surface area contributed by atoms with Crippen LogP contribution >= 0.6 is 0 Å². The SMILES string of the molecule is CCCCCCC[N+](C)(C)C(=NC)N(C)C. The van der Waals surface area contributed by atoms with Gasteiger partial charge in [-0.05, 0) is 12.8 Å². The van der Waals surface area contributed by atoms with E-state index in [4.69, 9.17) is 0 Å². The zero-order chi connectivity index (χ0) is 12.6. The van der Waals surface area contributed by atoms with Crippen LogP contribution < -0.4 is 0 Å². The van der Waals surface area contributed by atoms with Gasteiger partial charge in [0.25, 0.3) is 5.96 Å². The fourth-order valence-electron chi connectivity index (χ4n) is 2.22. The van der Waals surface area contributed by atoms with Crippen LogP contribution in [-0.2, 0) is 0 Å². The van der Waals surface area contributed by atoms with Crippen LogP contribution in [0.1, 0.15) is 39.0 Å². The molecule has 0 atom stereocenters. The third-order valence-electron chi connectivity index (χ3n) is 2.96. The molecule has 0 heterocycles. The molecule has 3 heteroatoms. The Kier molecular flexibility index (Phi) is 7.39. The topological polar surface area (TPSA) is 15.6 Å². The van der Waals surface area contributed by atoms with Crippen molar-refractivity contribution in [2.24, 2.45) is 4.99 Å². The van der Waals surface area contributed by atoms with Crippen molar-refractivity contribution in [3.8, 4) is 0 Å². The average Bonchev–Trinajstić information content (AvgIpc) is 2.17. The third kappa shape index (κ3) is 5.50. The number of quaternary nitrogens is 1. The molecule has 0 amide bonds. The molecule has 0 aromatic carbocycles. The van der Waals surface area contributed by atoms with Gasteiger partial charge in [0.1, 0.15) is 0 Å². The second kappa shape index (κ2) is 7.66. The van der Waals surface area contributed by atoms with Crippen LogP contribution in [-0.4, -0.2) is 57.1 Å². The summed E-state index contributed by atoms with van der Waals surface area (Å²) in [5.41, 5.74) is 0. The number of aliphatic imine (C=N–C) groups is 1. The summed E-state index contributed by atoms with van der Waals surface area (Å²) in [5.74, 6) is 1.15. The molecule has 96 valence electrons. The van der Waals surface area contributed by atoms with Gasteiger partial charge in [-0.3, -0.25) is 4.48 Å². The summed E-state index contributed by atoms with van der Waals surface area (Å²) in [5, 5.41) is 0. The molecule has 0 aliphatic rings. The van der Waals surface area contributed by atoms with Crippen molar-refractivity contribution in [1.29, 1.82) is 0 Å². The Balaban J connectivity index is 4.03. The van der Waals surface area contributed by atoms with E-state index in [1.165, 1.54) is 38.6 Å². The van der Waals surface area contributed by atoms with E-state index in [9.17, 15) is 0 Å². The van der Waals surface area contributed by atoms with E-state index < -0.39 is 0 Å². The first kappa shape index (κ1) is 15.4. The summed E-state index contributed by atoms with van der Waals surface area (Å²) >= 11 is 0. The first-order chi connectivity index (χ1) is 7.45. The molecule has 0 aromatic rings. The van der Waals surface area contributed by atoms with Gasteiger partial charge in [0.15, 0.2) is 0 Å². The highest BCUT2D eigenvalue weighted by molar-refractivity contribution is 5.72. The van der Waals surface area contributed by atoms with Crippen LogP contribution in [0.2, 0.25) is 0 Å². The molecular formula is C13H30N3+. The van der Waals surface area contributed by atoms with Gasteiger partial charge in [0.2, 0.25) is 0 Å². The number of hydrogen-bond donors (Lipinski definition) is 0. The van der Waals surface area contributed by atoms with E-state index >= 15 is 0 Å². The molecule has 0 radical (unpaired) electrons. The molecule has 0 saturated heterocycles. The molecule has 0 aliphatic heterocycles. The third-order valence-corrected chi connectivity index (χ3v) is 2.96. The van der Waals surface area contributed by atoms with Gasteiger partial charge in [-0.25, -0.2) is 4.99 Å². The van der Waals surface area contributed by atoms with E-state index in [1.54, 1.807) is 0 Å². The van der Waals surface area contributed by atoms with E-state index in [0.29, 0.717) is 0 Å². The molecule has 0 aromatic heterocycles. The van der Waals surface area contributed by atoms with Crippen molar-refractivity contribution in [1.82, 2.24) is 4.90 Å². The second-order valence-corrected chi connectivity index (χ2v) is 5.24. The minimum atomic E-state index is 0.885. The van der Waals surface area contributed by atoms with Crippen molar-refractivity contribution in [3.63, 3.8) is 0 Å². The molecule has 0 unspecified atom stereocenters. The van der Waals surface area contributed by atoms with E-state index in [-0.39, 0.29) is 0 Å². The zero-order valence-electron chi connectivity index (χ0n) is 12.1. The Hall–Kier alpha value is -0.570. The van der Waals surface area contributed by atoms with Gasteiger partial charge in [0.05, 0.1) is 20.6 Å². The van der Waals surface area contributed by atoms with Gasteiger partial charge in [-0.15, -0.1) is 0 Å². The molecular weight excluding hydrogens is 198 g/mol. The highest BCUT2D eigenvalue weighted by Gasteiger charge is 2.24. The molecule has 0 rings (SSSR count). The lowest BCUT2D eigenvalue weighted by atomic mass is 10.1. The minimum absolute atomic E-state index is 0.885. The normalized spacial score (nSPS) is 13.0. The fraction of sp³-hybridized carbons (Fsp3) is 0.923. The smallest absolute Gasteiger partial charge is 0.299 e.